The smallest absolute Gasteiger partial charge is 0.311 e. The lowest BCUT2D eigenvalue weighted by Crippen LogP contribution is -2.06. The molecular weight excluding hydrogens is 196 g/mol. The summed E-state index contributed by atoms with van der Waals surface area (Å²) in [7, 11) is 3.07. The molecule has 0 bridgehead atoms. The van der Waals surface area contributed by atoms with Crippen LogP contribution in [0.4, 0.5) is 0 Å². The summed E-state index contributed by atoms with van der Waals surface area (Å²) in [5, 5.41) is 0. The van der Waals surface area contributed by atoms with Crippen molar-refractivity contribution in [1.82, 2.24) is 0 Å². The Bertz CT molecular complexity index is 346. The van der Waals surface area contributed by atoms with Crippen molar-refractivity contribution in [3.05, 3.63) is 18.2 Å². The highest BCUT2D eigenvalue weighted by molar-refractivity contribution is 5.73. The highest BCUT2D eigenvalue weighted by Crippen LogP contribution is 2.31. The van der Waals surface area contributed by atoms with Gasteiger partial charge in [-0.3, -0.25) is 4.79 Å². The fourth-order valence-electron chi connectivity index (χ4n) is 1.06. The maximum absolute atomic E-state index is 11.1. The van der Waals surface area contributed by atoms with Crippen LogP contribution in [-0.4, -0.2) is 20.2 Å². The minimum absolute atomic E-state index is 0.304. The summed E-state index contributed by atoms with van der Waals surface area (Å²) in [6.07, 6.45) is 0.320. The molecule has 0 radical (unpaired) electrons. The van der Waals surface area contributed by atoms with Crippen molar-refractivity contribution in [3.8, 4) is 17.2 Å². The van der Waals surface area contributed by atoms with Gasteiger partial charge in [0, 0.05) is 12.5 Å². The monoisotopic (exact) mass is 210 g/mol. The molecule has 0 saturated carbocycles. The maximum Gasteiger partial charge on any atom is 0.311 e. The van der Waals surface area contributed by atoms with Gasteiger partial charge in [-0.1, -0.05) is 6.92 Å². The molecule has 0 amide bonds. The van der Waals surface area contributed by atoms with Crippen molar-refractivity contribution < 1.29 is 19.0 Å². The van der Waals surface area contributed by atoms with Crippen molar-refractivity contribution in [1.29, 1.82) is 0 Å². The first-order valence-corrected chi connectivity index (χ1v) is 4.64. The summed E-state index contributed by atoms with van der Waals surface area (Å²) in [6.45, 7) is 1.73. The van der Waals surface area contributed by atoms with Gasteiger partial charge in [-0.2, -0.15) is 0 Å². The van der Waals surface area contributed by atoms with Crippen LogP contribution >= 0.6 is 0 Å². The average molecular weight is 210 g/mol. The second-order valence-corrected chi connectivity index (χ2v) is 2.84. The molecule has 1 aromatic rings. The molecule has 0 aliphatic carbocycles. The predicted molar refractivity (Wildman–Crippen MR) is 55.5 cm³/mol. The van der Waals surface area contributed by atoms with Crippen LogP contribution in [0.2, 0.25) is 0 Å². The number of esters is 1. The standard InChI is InChI=1S/C11H14O4/c1-4-11(12)15-10-7-8(13-2)5-6-9(10)14-3/h5-7H,4H2,1-3H3. The molecule has 4 heteroatoms. The Hall–Kier alpha value is -1.71. The van der Waals surface area contributed by atoms with Gasteiger partial charge in [-0.15, -0.1) is 0 Å². The molecule has 1 aromatic carbocycles. The first-order valence-electron chi connectivity index (χ1n) is 4.64. The lowest BCUT2D eigenvalue weighted by atomic mass is 10.3. The molecule has 0 aliphatic heterocycles. The Morgan fingerprint density at radius 1 is 1.20 bits per heavy atom. The third kappa shape index (κ3) is 2.87. The Labute approximate surface area is 88.8 Å². The second kappa shape index (κ2) is 5.24. The van der Waals surface area contributed by atoms with Gasteiger partial charge in [0.2, 0.25) is 0 Å². The highest BCUT2D eigenvalue weighted by atomic mass is 16.6. The van der Waals surface area contributed by atoms with Gasteiger partial charge in [0.25, 0.3) is 0 Å². The number of methoxy groups -OCH3 is 2. The van der Waals surface area contributed by atoms with E-state index in [1.807, 2.05) is 0 Å². The van der Waals surface area contributed by atoms with Crippen molar-refractivity contribution in [2.75, 3.05) is 14.2 Å². The number of hydrogen-bond acceptors (Lipinski definition) is 4. The zero-order valence-electron chi connectivity index (χ0n) is 9.07. The van der Waals surface area contributed by atoms with Crippen LogP contribution in [0.15, 0.2) is 18.2 Å². The van der Waals surface area contributed by atoms with Gasteiger partial charge >= 0.3 is 5.97 Å². The molecule has 0 heterocycles. The molecule has 0 fully saturated rings. The largest absolute Gasteiger partial charge is 0.497 e. The maximum atomic E-state index is 11.1. The fraction of sp³-hybridized carbons (Fsp3) is 0.364. The summed E-state index contributed by atoms with van der Waals surface area (Å²) in [4.78, 5) is 11.1. The fourth-order valence-corrected chi connectivity index (χ4v) is 1.06. The van der Waals surface area contributed by atoms with Gasteiger partial charge in [0.05, 0.1) is 14.2 Å². The van der Waals surface area contributed by atoms with E-state index in [4.69, 9.17) is 14.2 Å². The van der Waals surface area contributed by atoms with E-state index in [9.17, 15) is 4.79 Å². The summed E-state index contributed by atoms with van der Waals surface area (Å²) in [5.74, 6) is 1.21. The molecule has 0 atom stereocenters. The minimum atomic E-state index is -0.304. The van der Waals surface area contributed by atoms with E-state index in [2.05, 4.69) is 0 Å². The molecule has 15 heavy (non-hydrogen) atoms. The van der Waals surface area contributed by atoms with Crippen LogP contribution < -0.4 is 14.2 Å². The van der Waals surface area contributed by atoms with E-state index >= 15 is 0 Å². The molecule has 0 aliphatic rings. The van der Waals surface area contributed by atoms with Gasteiger partial charge < -0.3 is 14.2 Å². The molecule has 0 spiro atoms. The van der Waals surface area contributed by atoms with E-state index in [1.54, 1.807) is 32.2 Å². The average Bonchev–Trinajstić information content (AvgIpc) is 2.28. The topological polar surface area (TPSA) is 44.8 Å². The Morgan fingerprint density at radius 2 is 1.93 bits per heavy atom. The quantitative estimate of drug-likeness (QED) is 0.563. The second-order valence-electron chi connectivity index (χ2n) is 2.84. The lowest BCUT2D eigenvalue weighted by molar-refractivity contribution is -0.134. The van der Waals surface area contributed by atoms with Crippen LogP contribution in [0.25, 0.3) is 0 Å². The van der Waals surface area contributed by atoms with Crippen LogP contribution in [-0.2, 0) is 4.79 Å². The van der Waals surface area contributed by atoms with E-state index in [0.717, 1.165) is 0 Å². The number of carbonyl (C=O) groups is 1. The molecule has 0 saturated heterocycles. The normalized spacial score (nSPS) is 9.53. The van der Waals surface area contributed by atoms with E-state index in [0.29, 0.717) is 23.7 Å². The van der Waals surface area contributed by atoms with Gasteiger partial charge in [-0.05, 0) is 12.1 Å². The molecule has 0 aromatic heterocycles. The van der Waals surface area contributed by atoms with Crippen molar-refractivity contribution in [3.63, 3.8) is 0 Å². The van der Waals surface area contributed by atoms with Crippen molar-refractivity contribution >= 4 is 5.97 Å². The number of hydrogen-bond donors (Lipinski definition) is 0. The molecule has 4 nitrogen and oxygen atoms in total. The Balaban J connectivity index is 2.95. The van der Waals surface area contributed by atoms with Crippen LogP contribution in [0.3, 0.4) is 0 Å². The van der Waals surface area contributed by atoms with Crippen LogP contribution in [0.1, 0.15) is 13.3 Å². The lowest BCUT2D eigenvalue weighted by Gasteiger charge is -2.09. The third-order valence-corrected chi connectivity index (χ3v) is 1.88. The first-order chi connectivity index (χ1) is 7.21. The number of carbonyl (C=O) groups excluding carboxylic acids is 1. The first kappa shape index (κ1) is 11.4. The third-order valence-electron chi connectivity index (χ3n) is 1.88. The van der Waals surface area contributed by atoms with Gasteiger partial charge in [0.15, 0.2) is 11.5 Å². The van der Waals surface area contributed by atoms with Gasteiger partial charge in [-0.25, -0.2) is 0 Å². The molecule has 1 rings (SSSR count). The number of benzene rings is 1. The highest BCUT2D eigenvalue weighted by Gasteiger charge is 2.09. The number of rotatable bonds is 4. The SMILES string of the molecule is CCC(=O)Oc1cc(OC)ccc1OC. The van der Waals surface area contributed by atoms with E-state index in [-0.39, 0.29) is 5.97 Å². The van der Waals surface area contributed by atoms with Crippen molar-refractivity contribution in [2.45, 2.75) is 13.3 Å². The molecular formula is C11H14O4. The minimum Gasteiger partial charge on any atom is -0.497 e. The summed E-state index contributed by atoms with van der Waals surface area (Å²) in [6, 6.07) is 5.05. The van der Waals surface area contributed by atoms with Crippen LogP contribution in [0.5, 0.6) is 17.2 Å². The predicted octanol–water partition coefficient (Wildman–Crippen LogP) is 2.02. The summed E-state index contributed by atoms with van der Waals surface area (Å²) < 4.78 is 15.2. The zero-order chi connectivity index (χ0) is 11.3. The molecule has 82 valence electrons. The zero-order valence-corrected chi connectivity index (χ0v) is 9.07. The van der Waals surface area contributed by atoms with Crippen LogP contribution in [0, 0.1) is 0 Å². The van der Waals surface area contributed by atoms with E-state index in [1.165, 1.54) is 7.11 Å². The van der Waals surface area contributed by atoms with E-state index < -0.39 is 0 Å². The Morgan fingerprint density at radius 3 is 2.47 bits per heavy atom. The Kier molecular flexibility index (Phi) is 3.97. The van der Waals surface area contributed by atoms with Gasteiger partial charge in [0.1, 0.15) is 5.75 Å². The van der Waals surface area contributed by atoms with Crippen molar-refractivity contribution in [2.24, 2.45) is 0 Å². The number of ether oxygens (including phenoxy) is 3. The summed E-state index contributed by atoms with van der Waals surface area (Å²) >= 11 is 0. The summed E-state index contributed by atoms with van der Waals surface area (Å²) in [5.41, 5.74) is 0. The molecule has 0 N–H and O–H groups in total. The molecule has 0 unspecified atom stereocenters.